The fourth-order valence-corrected chi connectivity index (χ4v) is 1.86. The van der Waals surface area contributed by atoms with Crippen molar-refractivity contribution in [1.82, 2.24) is 0 Å². The zero-order valence-electron chi connectivity index (χ0n) is 11.3. The molecule has 0 spiro atoms. The molecular weight excluding hydrogens is 291 g/mol. The average molecular weight is 305 g/mol. The van der Waals surface area contributed by atoms with Crippen LogP contribution in [0, 0.1) is 17.7 Å². The second kappa shape index (κ2) is 7.68. The summed E-state index contributed by atoms with van der Waals surface area (Å²) in [6, 6.07) is 11.9. The van der Waals surface area contributed by atoms with Crippen molar-refractivity contribution < 1.29 is 14.2 Å². The van der Waals surface area contributed by atoms with Gasteiger partial charge in [-0.25, -0.2) is 4.39 Å². The summed E-state index contributed by atoms with van der Waals surface area (Å²) in [5.74, 6) is 5.97. The summed E-state index contributed by atoms with van der Waals surface area (Å²) >= 11 is 5.86. The molecule has 108 valence electrons. The topological polar surface area (TPSA) is 29.5 Å². The summed E-state index contributed by atoms with van der Waals surface area (Å²) in [6.07, 6.45) is 0.455. The molecule has 0 aromatic heterocycles. The normalized spacial score (nSPS) is 9.86. The Morgan fingerprint density at radius 1 is 1.14 bits per heavy atom. The van der Waals surface area contributed by atoms with Gasteiger partial charge in [0.1, 0.15) is 18.2 Å². The largest absolute Gasteiger partial charge is 0.489 e. The fraction of sp³-hybridized carbons (Fsp3) is 0.176. The molecule has 2 rings (SSSR count). The maximum absolute atomic E-state index is 13.3. The first-order valence-electron chi connectivity index (χ1n) is 6.46. The molecule has 0 bridgehead atoms. The van der Waals surface area contributed by atoms with Gasteiger partial charge in [0.05, 0.1) is 11.6 Å². The number of aliphatic hydroxyl groups excluding tert-OH is 1. The lowest BCUT2D eigenvalue weighted by atomic mass is 10.2. The molecule has 0 unspecified atom stereocenters. The molecule has 0 heterocycles. The summed E-state index contributed by atoms with van der Waals surface area (Å²) < 4.78 is 18.9. The summed E-state index contributed by atoms with van der Waals surface area (Å²) in [5.41, 5.74) is 1.45. The molecule has 0 aliphatic carbocycles. The lowest BCUT2D eigenvalue weighted by molar-refractivity contribution is 0.305. The molecular formula is C17H14ClFO2. The van der Waals surface area contributed by atoms with Crippen LogP contribution in [0.3, 0.4) is 0 Å². The number of ether oxygens (including phenoxy) is 1. The van der Waals surface area contributed by atoms with E-state index in [9.17, 15) is 4.39 Å². The average Bonchev–Trinajstić information content (AvgIpc) is 2.50. The Balaban J connectivity index is 1.98. The van der Waals surface area contributed by atoms with Crippen molar-refractivity contribution in [2.24, 2.45) is 0 Å². The molecule has 1 N–H and O–H groups in total. The van der Waals surface area contributed by atoms with Crippen LogP contribution in [0.1, 0.15) is 17.5 Å². The highest BCUT2D eigenvalue weighted by Crippen LogP contribution is 2.21. The van der Waals surface area contributed by atoms with Gasteiger partial charge in [-0.05, 0) is 30.3 Å². The first kappa shape index (κ1) is 15.4. The van der Waals surface area contributed by atoms with Crippen molar-refractivity contribution in [3.63, 3.8) is 0 Å². The molecule has 2 nitrogen and oxygen atoms in total. The Hall–Kier alpha value is -2.02. The highest BCUT2D eigenvalue weighted by molar-refractivity contribution is 6.31. The second-order valence-electron chi connectivity index (χ2n) is 4.30. The van der Waals surface area contributed by atoms with Gasteiger partial charge in [0.25, 0.3) is 0 Å². The van der Waals surface area contributed by atoms with Gasteiger partial charge in [0, 0.05) is 17.5 Å². The SMILES string of the molecule is OCCC#Cc1ccc(OCc2cccc(F)c2Cl)cc1. The number of halogens is 2. The van der Waals surface area contributed by atoms with E-state index in [4.69, 9.17) is 21.4 Å². The molecule has 21 heavy (non-hydrogen) atoms. The third-order valence-electron chi connectivity index (χ3n) is 2.75. The molecule has 0 amide bonds. The van der Waals surface area contributed by atoms with E-state index in [1.165, 1.54) is 6.07 Å². The summed E-state index contributed by atoms with van der Waals surface area (Å²) in [4.78, 5) is 0. The number of hydrogen-bond acceptors (Lipinski definition) is 2. The van der Waals surface area contributed by atoms with Crippen molar-refractivity contribution in [3.8, 4) is 17.6 Å². The summed E-state index contributed by atoms with van der Waals surface area (Å²) in [6.45, 7) is 0.259. The number of aliphatic hydroxyl groups is 1. The van der Waals surface area contributed by atoms with E-state index in [0.717, 1.165) is 5.56 Å². The fourth-order valence-electron chi connectivity index (χ4n) is 1.68. The highest BCUT2D eigenvalue weighted by Gasteiger charge is 2.06. The van der Waals surface area contributed by atoms with Gasteiger partial charge >= 0.3 is 0 Å². The van der Waals surface area contributed by atoms with Gasteiger partial charge in [-0.2, -0.15) is 0 Å². The Bertz CT molecular complexity index is 657. The van der Waals surface area contributed by atoms with Crippen molar-refractivity contribution >= 4 is 11.6 Å². The molecule has 4 heteroatoms. The van der Waals surface area contributed by atoms with E-state index in [-0.39, 0.29) is 18.2 Å². The Labute approximate surface area is 128 Å². The monoisotopic (exact) mass is 304 g/mol. The van der Waals surface area contributed by atoms with Gasteiger partial charge in [0.15, 0.2) is 0 Å². The van der Waals surface area contributed by atoms with Crippen LogP contribution in [0.2, 0.25) is 5.02 Å². The van der Waals surface area contributed by atoms with Gasteiger partial charge < -0.3 is 9.84 Å². The molecule has 0 radical (unpaired) electrons. The predicted molar refractivity (Wildman–Crippen MR) is 80.8 cm³/mol. The van der Waals surface area contributed by atoms with Crippen molar-refractivity contribution in [1.29, 1.82) is 0 Å². The molecule has 0 aliphatic rings. The highest BCUT2D eigenvalue weighted by atomic mass is 35.5. The van der Waals surface area contributed by atoms with Crippen molar-refractivity contribution in [2.75, 3.05) is 6.61 Å². The van der Waals surface area contributed by atoms with E-state index in [0.29, 0.717) is 17.7 Å². The third kappa shape index (κ3) is 4.49. The first-order chi connectivity index (χ1) is 10.2. The zero-order valence-corrected chi connectivity index (χ0v) is 12.0. The summed E-state index contributed by atoms with van der Waals surface area (Å²) in [7, 11) is 0. The molecule has 0 fully saturated rings. The van der Waals surface area contributed by atoms with Gasteiger partial charge in [-0.1, -0.05) is 35.6 Å². The molecule has 2 aromatic rings. The zero-order chi connectivity index (χ0) is 15.1. The molecule has 0 atom stereocenters. The van der Waals surface area contributed by atoms with Gasteiger partial charge in [-0.3, -0.25) is 0 Å². The lowest BCUT2D eigenvalue weighted by Gasteiger charge is -2.08. The van der Waals surface area contributed by atoms with E-state index >= 15 is 0 Å². The van der Waals surface area contributed by atoms with Crippen LogP contribution >= 0.6 is 11.6 Å². The Morgan fingerprint density at radius 2 is 1.90 bits per heavy atom. The molecule has 0 saturated carbocycles. The van der Waals surface area contributed by atoms with E-state index in [1.54, 1.807) is 24.3 Å². The maximum atomic E-state index is 13.3. The van der Waals surface area contributed by atoms with Crippen molar-refractivity contribution in [3.05, 3.63) is 64.4 Å². The standard InChI is InChI=1S/C17H14ClFO2/c18-17-14(5-3-6-16(17)19)12-21-15-9-7-13(8-10-15)4-1-2-11-20/h3,5-10,20H,2,11-12H2. The van der Waals surface area contributed by atoms with E-state index in [2.05, 4.69) is 11.8 Å². The van der Waals surface area contributed by atoms with Crippen LogP contribution in [-0.4, -0.2) is 11.7 Å². The van der Waals surface area contributed by atoms with E-state index in [1.807, 2.05) is 12.1 Å². The predicted octanol–water partition coefficient (Wildman–Crippen LogP) is 3.79. The summed E-state index contributed by atoms with van der Waals surface area (Å²) in [5, 5.41) is 8.74. The van der Waals surface area contributed by atoms with Crippen molar-refractivity contribution in [2.45, 2.75) is 13.0 Å². The Morgan fingerprint density at radius 3 is 2.62 bits per heavy atom. The van der Waals surface area contributed by atoms with Crippen LogP contribution in [0.15, 0.2) is 42.5 Å². The first-order valence-corrected chi connectivity index (χ1v) is 6.84. The molecule has 0 aliphatic heterocycles. The Kier molecular flexibility index (Phi) is 5.62. The minimum absolute atomic E-state index is 0.0581. The third-order valence-corrected chi connectivity index (χ3v) is 3.17. The number of hydrogen-bond donors (Lipinski definition) is 1. The second-order valence-corrected chi connectivity index (χ2v) is 4.68. The molecule has 2 aromatic carbocycles. The molecule has 0 saturated heterocycles. The van der Waals surface area contributed by atoms with Crippen LogP contribution in [-0.2, 0) is 6.61 Å². The van der Waals surface area contributed by atoms with Gasteiger partial charge in [-0.15, -0.1) is 0 Å². The smallest absolute Gasteiger partial charge is 0.142 e. The quantitative estimate of drug-likeness (QED) is 0.871. The number of benzene rings is 2. The minimum Gasteiger partial charge on any atom is -0.489 e. The van der Waals surface area contributed by atoms with Gasteiger partial charge in [0.2, 0.25) is 0 Å². The van der Waals surface area contributed by atoms with Crippen LogP contribution in [0.25, 0.3) is 0 Å². The van der Waals surface area contributed by atoms with E-state index < -0.39 is 5.82 Å². The van der Waals surface area contributed by atoms with Crippen LogP contribution < -0.4 is 4.74 Å². The minimum atomic E-state index is -0.452. The maximum Gasteiger partial charge on any atom is 0.142 e. The van der Waals surface area contributed by atoms with Crippen LogP contribution in [0.4, 0.5) is 4.39 Å². The van der Waals surface area contributed by atoms with Crippen LogP contribution in [0.5, 0.6) is 5.75 Å². The number of rotatable bonds is 4. The lowest BCUT2D eigenvalue weighted by Crippen LogP contribution is -1.97.